The Morgan fingerprint density at radius 2 is 2.19 bits per heavy atom. The molecule has 0 spiro atoms. The maximum absolute atomic E-state index is 11.9. The number of thioether (sulfide) groups is 1. The summed E-state index contributed by atoms with van der Waals surface area (Å²) in [7, 11) is 0. The maximum atomic E-state index is 11.9. The molecule has 1 amide bonds. The SMILES string of the molecule is O=C(CN1CCSC1=O)c1ccccc1Br. The van der Waals surface area contributed by atoms with Gasteiger partial charge in [0.05, 0.1) is 6.54 Å². The fraction of sp³-hybridized carbons (Fsp3) is 0.273. The molecule has 1 aromatic carbocycles. The predicted molar refractivity (Wildman–Crippen MR) is 67.9 cm³/mol. The molecule has 0 saturated carbocycles. The monoisotopic (exact) mass is 299 g/mol. The van der Waals surface area contributed by atoms with Crippen LogP contribution in [0.4, 0.5) is 4.79 Å². The Morgan fingerprint density at radius 1 is 1.44 bits per heavy atom. The number of hydrogen-bond donors (Lipinski definition) is 0. The number of hydrogen-bond acceptors (Lipinski definition) is 3. The van der Waals surface area contributed by atoms with Crippen LogP contribution in [-0.2, 0) is 0 Å². The fourth-order valence-corrected chi connectivity index (χ4v) is 2.85. The van der Waals surface area contributed by atoms with Gasteiger partial charge in [-0.2, -0.15) is 0 Å². The highest BCUT2D eigenvalue weighted by atomic mass is 79.9. The summed E-state index contributed by atoms with van der Waals surface area (Å²) in [5, 5.41) is 0.000374. The van der Waals surface area contributed by atoms with Crippen LogP contribution in [0.5, 0.6) is 0 Å². The third-order valence-corrected chi connectivity index (χ3v) is 3.94. The molecule has 1 saturated heterocycles. The summed E-state index contributed by atoms with van der Waals surface area (Å²) in [4.78, 5) is 24.9. The first kappa shape index (κ1) is 11.7. The van der Waals surface area contributed by atoms with Gasteiger partial charge in [-0.05, 0) is 6.07 Å². The third kappa shape index (κ3) is 2.47. The van der Waals surface area contributed by atoms with Crippen LogP contribution in [0, 0.1) is 0 Å². The van der Waals surface area contributed by atoms with Gasteiger partial charge in [-0.3, -0.25) is 9.59 Å². The molecule has 1 aromatic rings. The van der Waals surface area contributed by atoms with Gasteiger partial charge in [0.15, 0.2) is 5.78 Å². The Bertz CT molecular complexity index is 436. The molecule has 84 valence electrons. The Labute approximate surface area is 106 Å². The number of Topliss-reactive ketones (excluding diaryl/α,β-unsaturated/α-hetero) is 1. The highest BCUT2D eigenvalue weighted by Crippen LogP contribution is 2.20. The number of halogens is 1. The standard InChI is InChI=1S/C11H10BrNO2S/c12-9-4-2-1-3-8(9)10(14)7-13-5-6-16-11(13)15/h1-4H,5-7H2. The summed E-state index contributed by atoms with van der Waals surface area (Å²) in [6.45, 7) is 0.841. The lowest BCUT2D eigenvalue weighted by molar-refractivity contribution is 0.0955. The molecule has 0 aliphatic carbocycles. The van der Waals surface area contributed by atoms with Crippen molar-refractivity contribution in [3.8, 4) is 0 Å². The van der Waals surface area contributed by atoms with Crippen molar-refractivity contribution in [2.24, 2.45) is 0 Å². The van der Waals surface area contributed by atoms with E-state index in [1.54, 1.807) is 11.0 Å². The summed E-state index contributed by atoms with van der Waals surface area (Å²) >= 11 is 4.60. The molecule has 0 N–H and O–H groups in total. The molecular formula is C11H10BrNO2S. The average molecular weight is 300 g/mol. The van der Waals surface area contributed by atoms with Gasteiger partial charge in [-0.1, -0.05) is 45.9 Å². The molecule has 1 heterocycles. The number of carbonyl (C=O) groups is 2. The van der Waals surface area contributed by atoms with Gasteiger partial charge < -0.3 is 4.90 Å². The number of nitrogens with zero attached hydrogens (tertiary/aromatic N) is 1. The lowest BCUT2D eigenvalue weighted by Gasteiger charge is -2.13. The first-order valence-electron chi connectivity index (χ1n) is 4.88. The van der Waals surface area contributed by atoms with Gasteiger partial charge in [-0.25, -0.2) is 0 Å². The highest BCUT2D eigenvalue weighted by Gasteiger charge is 2.24. The van der Waals surface area contributed by atoms with E-state index in [1.807, 2.05) is 18.2 Å². The van der Waals surface area contributed by atoms with Crippen LogP contribution >= 0.6 is 27.7 Å². The molecule has 0 radical (unpaired) electrons. The van der Waals surface area contributed by atoms with Gasteiger partial charge in [0.1, 0.15) is 0 Å². The van der Waals surface area contributed by atoms with Gasteiger partial charge in [0.2, 0.25) is 0 Å². The van der Waals surface area contributed by atoms with Gasteiger partial charge in [-0.15, -0.1) is 0 Å². The van der Waals surface area contributed by atoms with E-state index in [4.69, 9.17) is 0 Å². The molecular weight excluding hydrogens is 290 g/mol. The molecule has 1 aliphatic rings. The molecule has 16 heavy (non-hydrogen) atoms. The van der Waals surface area contributed by atoms with Crippen LogP contribution in [-0.4, -0.2) is 34.8 Å². The average Bonchev–Trinajstić information content (AvgIpc) is 2.65. The summed E-state index contributed by atoms with van der Waals surface area (Å²) < 4.78 is 0.777. The first-order valence-corrected chi connectivity index (χ1v) is 6.66. The zero-order valence-electron chi connectivity index (χ0n) is 8.48. The minimum Gasteiger partial charge on any atom is -0.325 e. The van der Waals surface area contributed by atoms with Crippen molar-refractivity contribution < 1.29 is 9.59 Å². The molecule has 1 fully saturated rings. The summed E-state index contributed by atoms with van der Waals surface area (Å²) in [5.74, 6) is 0.755. The van der Waals surface area contributed by atoms with Crippen LogP contribution in [0.15, 0.2) is 28.7 Å². The van der Waals surface area contributed by atoms with E-state index in [0.29, 0.717) is 12.1 Å². The zero-order valence-corrected chi connectivity index (χ0v) is 10.9. The predicted octanol–water partition coefficient (Wildman–Crippen LogP) is 2.80. The third-order valence-electron chi connectivity index (χ3n) is 2.35. The summed E-state index contributed by atoms with van der Waals surface area (Å²) in [5.41, 5.74) is 0.632. The Balaban J connectivity index is 2.09. The fourth-order valence-electron chi connectivity index (χ4n) is 1.52. The van der Waals surface area contributed by atoms with Crippen molar-refractivity contribution in [3.63, 3.8) is 0 Å². The lowest BCUT2D eigenvalue weighted by Crippen LogP contribution is -2.29. The van der Waals surface area contributed by atoms with Gasteiger partial charge >= 0.3 is 0 Å². The van der Waals surface area contributed by atoms with E-state index in [9.17, 15) is 9.59 Å². The molecule has 0 aromatic heterocycles. The van der Waals surface area contributed by atoms with Crippen LogP contribution < -0.4 is 0 Å². The van der Waals surface area contributed by atoms with Gasteiger partial charge in [0.25, 0.3) is 5.24 Å². The minimum atomic E-state index is -0.0247. The quantitative estimate of drug-likeness (QED) is 0.806. The normalized spacial score (nSPS) is 15.6. The first-order chi connectivity index (χ1) is 7.68. The van der Waals surface area contributed by atoms with Crippen LogP contribution in [0.3, 0.4) is 0 Å². The number of carbonyl (C=O) groups excluding carboxylic acids is 2. The lowest BCUT2D eigenvalue weighted by atomic mass is 10.1. The number of benzene rings is 1. The summed E-state index contributed by atoms with van der Waals surface area (Å²) in [6.07, 6.45) is 0. The van der Waals surface area contributed by atoms with Gasteiger partial charge in [0, 0.05) is 22.3 Å². The second-order valence-corrected chi connectivity index (χ2v) is 5.34. The molecule has 3 nitrogen and oxygen atoms in total. The number of amides is 1. The Kier molecular flexibility index (Phi) is 3.66. The molecule has 0 atom stereocenters. The molecule has 1 aliphatic heterocycles. The Hall–Kier alpha value is -0.810. The zero-order chi connectivity index (χ0) is 11.5. The van der Waals surface area contributed by atoms with E-state index in [0.717, 1.165) is 10.2 Å². The van der Waals surface area contributed by atoms with Crippen molar-refractivity contribution in [1.82, 2.24) is 4.90 Å². The number of ketones is 1. The molecule has 2 rings (SSSR count). The molecule has 5 heteroatoms. The van der Waals surface area contributed by atoms with Crippen LogP contribution in [0.1, 0.15) is 10.4 Å². The number of rotatable bonds is 3. The molecule has 0 bridgehead atoms. The van der Waals surface area contributed by atoms with Crippen molar-refractivity contribution in [2.45, 2.75) is 0 Å². The topological polar surface area (TPSA) is 37.4 Å². The van der Waals surface area contributed by atoms with Crippen molar-refractivity contribution >= 4 is 38.7 Å². The second-order valence-electron chi connectivity index (χ2n) is 3.44. The molecule has 0 unspecified atom stereocenters. The van der Waals surface area contributed by atoms with E-state index < -0.39 is 0 Å². The largest absolute Gasteiger partial charge is 0.325 e. The summed E-state index contributed by atoms with van der Waals surface area (Å²) in [6, 6.07) is 7.27. The van der Waals surface area contributed by atoms with Crippen LogP contribution in [0.2, 0.25) is 0 Å². The van der Waals surface area contributed by atoms with E-state index in [-0.39, 0.29) is 17.6 Å². The minimum absolute atomic E-state index is 0.000374. The Morgan fingerprint density at radius 3 is 2.81 bits per heavy atom. The maximum Gasteiger partial charge on any atom is 0.282 e. The van der Waals surface area contributed by atoms with E-state index in [1.165, 1.54) is 11.8 Å². The van der Waals surface area contributed by atoms with E-state index in [2.05, 4.69) is 15.9 Å². The second kappa shape index (κ2) is 5.01. The highest BCUT2D eigenvalue weighted by molar-refractivity contribution is 9.10. The van der Waals surface area contributed by atoms with Crippen molar-refractivity contribution in [2.75, 3.05) is 18.8 Å². The van der Waals surface area contributed by atoms with E-state index >= 15 is 0 Å². The smallest absolute Gasteiger partial charge is 0.282 e. The van der Waals surface area contributed by atoms with Crippen molar-refractivity contribution in [1.29, 1.82) is 0 Å². The van der Waals surface area contributed by atoms with Crippen LogP contribution in [0.25, 0.3) is 0 Å². The van der Waals surface area contributed by atoms with Crippen molar-refractivity contribution in [3.05, 3.63) is 34.3 Å².